The lowest BCUT2D eigenvalue weighted by Crippen LogP contribution is -2.39. The standard InChI is InChI=1S/C11H16N4O3/c1-7(5-10(12)14-18)15(2)11(17)8-6-13-4-3-9(8)16/h3-4,6-7,18H,5H2,1-2H3,(H2,12,14)(H,13,16). The van der Waals surface area contributed by atoms with Crippen LogP contribution in [0.5, 0.6) is 0 Å². The monoisotopic (exact) mass is 252 g/mol. The number of carbonyl (C=O) groups excluding carboxylic acids is 1. The second kappa shape index (κ2) is 5.85. The zero-order valence-electron chi connectivity index (χ0n) is 10.3. The molecule has 0 aliphatic carbocycles. The molecule has 1 aromatic heterocycles. The Morgan fingerprint density at radius 3 is 2.89 bits per heavy atom. The van der Waals surface area contributed by atoms with E-state index in [0.29, 0.717) is 0 Å². The van der Waals surface area contributed by atoms with Crippen LogP contribution < -0.4 is 11.2 Å². The molecule has 7 nitrogen and oxygen atoms in total. The average Bonchev–Trinajstić information content (AvgIpc) is 2.37. The van der Waals surface area contributed by atoms with Crippen molar-refractivity contribution in [2.45, 2.75) is 19.4 Å². The molecule has 0 saturated heterocycles. The van der Waals surface area contributed by atoms with Crippen LogP contribution in [0.2, 0.25) is 0 Å². The van der Waals surface area contributed by atoms with Crippen molar-refractivity contribution in [1.82, 2.24) is 9.88 Å². The molecule has 4 N–H and O–H groups in total. The molecule has 98 valence electrons. The Bertz CT molecular complexity index is 509. The Hall–Kier alpha value is -2.31. The van der Waals surface area contributed by atoms with Gasteiger partial charge in [0.25, 0.3) is 5.91 Å². The fourth-order valence-corrected chi connectivity index (χ4v) is 1.45. The summed E-state index contributed by atoms with van der Waals surface area (Å²) in [6.07, 6.45) is 3.04. The number of aromatic amines is 1. The third kappa shape index (κ3) is 3.09. The van der Waals surface area contributed by atoms with Gasteiger partial charge in [0, 0.05) is 38.0 Å². The molecule has 0 saturated carbocycles. The molecule has 18 heavy (non-hydrogen) atoms. The lowest BCUT2D eigenvalue weighted by molar-refractivity contribution is 0.0745. The van der Waals surface area contributed by atoms with Gasteiger partial charge < -0.3 is 20.8 Å². The fraction of sp³-hybridized carbons (Fsp3) is 0.364. The van der Waals surface area contributed by atoms with Gasteiger partial charge in [0.15, 0.2) is 5.43 Å². The molecule has 1 heterocycles. The quantitative estimate of drug-likeness (QED) is 0.302. The largest absolute Gasteiger partial charge is 0.409 e. The van der Waals surface area contributed by atoms with E-state index in [1.165, 1.54) is 23.4 Å². The Morgan fingerprint density at radius 1 is 1.67 bits per heavy atom. The molecule has 1 aromatic rings. The van der Waals surface area contributed by atoms with Crippen LogP contribution in [0.25, 0.3) is 0 Å². The van der Waals surface area contributed by atoms with E-state index in [0.717, 1.165) is 0 Å². The van der Waals surface area contributed by atoms with Crippen LogP contribution in [0.3, 0.4) is 0 Å². The minimum Gasteiger partial charge on any atom is -0.409 e. The summed E-state index contributed by atoms with van der Waals surface area (Å²) < 4.78 is 0. The van der Waals surface area contributed by atoms with E-state index in [-0.39, 0.29) is 29.3 Å². The Kier molecular flexibility index (Phi) is 4.47. The van der Waals surface area contributed by atoms with Gasteiger partial charge >= 0.3 is 0 Å². The number of hydrogen-bond donors (Lipinski definition) is 3. The number of nitrogens with one attached hydrogen (secondary N) is 1. The zero-order valence-corrected chi connectivity index (χ0v) is 10.3. The topological polar surface area (TPSA) is 112 Å². The van der Waals surface area contributed by atoms with E-state index in [4.69, 9.17) is 10.9 Å². The summed E-state index contributed by atoms with van der Waals surface area (Å²) in [4.78, 5) is 27.6. The van der Waals surface area contributed by atoms with Crippen molar-refractivity contribution in [3.05, 3.63) is 34.2 Å². The molecule has 0 aromatic carbocycles. The zero-order chi connectivity index (χ0) is 13.7. The summed E-state index contributed by atoms with van der Waals surface area (Å²) in [5.74, 6) is -0.376. The molecule has 0 aliphatic rings. The van der Waals surface area contributed by atoms with Crippen molar-refractivity contribution in [2.75, 3.05) is 7.05 Å². The Labute approximate surface area is 104 Å². The average molecular weight is 252 g/mol. The Morgan fingerprint density at radius 2 is 2.33 bits per heavy atom. The van der Waals surface area contributed by atoms with E-state index in [9.17, 15) is 9.59 Å². The van der Waals surface area contributed by atoms with Gasteiger partial charge in [0.1, 0.15) is 11.4 Å². The summed E-state index contributed by atoms with van der Waals surface area (Å²) in [6, 6.07) is 1.00. The van der Waals surface area contributed by atoms with Gasteiger partial charge in [-0.15, -0.1) is 0 Å². The number of nitrogens with two attached hydrogens (primary N) is 1. The van der Waals surface area contributed by atoms with Crippen LogP contribution in [0.1, 0.15) is 23.7 Å². The van der Waals surface area contributed by atoms with Crippen molar-refractivity contribution in [2.24, 2.45) is 10.9 Å². The highest BCUT2D eigenvalue weighted by atomic mass is 16.4. The molecular formula is C11H16N4O3. The van der Waals surface area contributed by atoms with Gasteiger partial charge in [0.05, 0.1) is 0 Å². The first-order chi connectivity index (χ1) is 8.47. The number of pyridine rings is 1. The number of amidine groups is 1. The molecule has 1 amide bonds. The fourth-order valence-electron chi connectivity index (χ4n) is 1.45. The van der Waals surface area contributed by atoms with E-state index in [1.807, 2.05) is 0 Å². The third-order valence-electron chi connectivity index (χ3n) is 2.67. The number of rotatable bonds is 4. The third-order valence-corrected chi connectivity index (χ3v) is 2.67. The first-order valence-electron chi connectivity index (χ1n) is 5.38. The second-order valence-corrected chi connectivity index (χ2v) is 3.98. The summed E-state index contributed by atoms with van der Waals surface area (Å²) in [6.45, 7) is 1.74. The molecule has 1 rings (SSSR count). The minimum atomic E-state index is -0.407. The van der Waals surface area contributed by atoms with Crippen molar-refractivity contribution in [1.29, 1.82) is 0 Å². The molecule has 1 unspecified atom stereocenters. The number of aromatic nitrogens is 1. The summed E-state index contributed by atoms with van der Waals surface area (Å²) in [5.41, 5.74) is 5.09. The van der Waals surface area contributed by atoms with Gasteiger partial charge in [-0.25, -0.2) is 0 Å². The first-order valence-corrected chi connectivity index (χ1v) is 5.38. The molecule has 0 radical (unpaired) electrons. The Balaban J connectivity index is 2.85. The summed E-state index contributed by atoms with van der Waals surface area (Å²) >= 11 is 0. The molecule has 0 fully saturated rings. The number of amides is 1. The molecule has 0 aliphatic heterocycles. The normalized spacial score (nSPS) is 13.1. The van der Waals surface area contributed by atoms with Crippen molar-refractivity contribution in [3.63, 3.8) is 0 Å². The first kappa shape index (κ1) is 13.8. The van der Waals surface area contributed by atoms with Crippen LogP contribution in [0.4, 0.5) is 0 Å². The van der Waals surface area contributed by atoms with Crippen LogP contribution in [0, 0.1) is 0 Å². The molecular weight excluding hydrogens is 236 g/mol. The van der Waals surface area contributed by atoms with Crippen molar-refractivity contribution in [3.8, 4) is 0 Å². The van der Waals surface area contributed by atoms with Gasteiger partial charge in [0.2, 0.25) is 0 Å². The maximum absolute atomic E-state index is 12.0. The smallest absolute Gasteiger partial charge is 0.259 e. The van der Waals surface area contributed by atoms with E-state index >= 15 is 0 Å². The molecule has 7 heteroatoms. The van der Waals surface area contributed by atoms with Gasteiger partial charge in [-0.05, 0) is 6.92 Å². The summed E-state index contributed by atoms with van der Waals surface area (Å²) in [5, 5.41) is 11.3. The predicted molar refractivity (Wildman–Crippen MR) is 66.6 cm³/mol. The number of carbonyl (C=O) groups is 1. The van der Waals surface area contributed by atoms with Crippen molar-refractivity contribution < 1.29 is 10.0 Å². The number of nitrogens with zero attached hydrogens (tertiary/aromatic N) is 2. The van der Waals surface area contributed by atoms with Crippen LogP contribution >= 0.6 is 0 Å². The van der Waals surface area contributed by atoms with Crippen LogP contribution in [-0.2, 0) is 0 Å². The molecule has 1 atom stereocenters. The van der Waals surface area contributed by atoms with Crippen LogP contribution in [-0.4, -0.2) is 39.9 Å². The number of oxime groups is 1. The van der Waals surface area contributed by atoms with E-state index in [1.54, 1.807) is 14.0 Å². The SMILES string of the molecule is CC(C/C(N)=N/O)N(C)C(=O)c1c[nH]ccc1=O. The summed E-state index contributed by atoms with van der Waals surface area (Å²) in [7, 11) is 1.56. The maximum atomic E-state index is 12.0. The maximum Gasteiger partial charge on any atom is 0.259 e. The highest BCUT2D eigenvalue weighted by molar-refractivity contribution is 5.94. The van der Waals surface area contributed by atoms with E-state index < -0.39 is 5.91 Å². The lowest BCUT2D eigenvalue weighted by Gasteiger charge is -2.24. The van der Waals surface area contributed by atoms with Crippen LogP contribution in [0.15, 0.2) is 28.4 Å². The molecule has 0 bridgehead atoms. The van der Waals surface area contributed by atoms with Gasteiger partial charge in [-0.3, -0.25) is 9.59 Å². The van der Waals surface area contributed by atoms with Gasteiger partial charge in [-0.1, -0.05) is 5.16 Å². The molecule has 0 spiro atoms. The predicted octanol–water partition coefficient (Wildman–Crippen LogP) is -0.0281. The highest BCUT2D eigenvalue weighted by Crippen LogP contribution is 2.05. The highest BCUT2D eigenvalue weighted by Gasteiger charge is 2.20. The number of hydrogen-bond acceptors (Lipinski definition) is 4. The van der Waals surface area contributed by atoms with Crippen molar-refractivity contribution >= 4 is 11.7 Å². The number of H-pyrrole nitrogens is 1. The lowest BCUT2D eigenvalue weighted by atomic mass is 10.1. The second-order valence-electron chi connectivity index (χ2n) is 3.98. The minimum absolute atomic E-state index is 0.0316. The van der Waals surface area contributed by atoms with E-state index in [2.05, 4.69) is 10.1 Å². The van der Waals surface area contributed by atoms with Gasteiger partial charge in [-0.2, -0.15) is 0 Å².